The van der Waals surface area contributed by atoms with E-state index in [0.717, 1.165) is 0 Å². The summed E-state index contributed by atoms with van der Waals surface area (Å²) in [5, 5.41) is 38.0. The smallest absolute Gasteiger partial charge is 0.550 e. The number of carbonyl (C=O) groups is 4. The summed E-state index contributed by atoms with van der Waals surface area (Å²) in [6, 6.07) is 0. The number of carboxylic acids is 4. The fraction of sp³-hybridized carbons (Fsp3) is 0.500. The summed E-state index contributed by atoms with van der Waals surface area (Å²) in [4.78, 5) is 38.0. The fourth-order valence-corrected chi connectivity index (χ4v) is 0.408. The molecule has 0 aromatic rings. The number of carboxylic acid groups (broad SMARTS) is 4. The first-order valence-electron chi connectivity index (χ1n) is 4.05. The van der Waals surface area contributed by atoms with E-state index in [1.54, 1.807) is 0 Å². The zero-order valence-corrected chi connectivity index (χ0v) is 12.5. The largest absolute Gasteiger partial charge is 4.00 e. The zero-order chi connectivity index (χ0) is 13.1. The van der Waals surface area contributed by atoms with Gasteiger partial charge in [0.25, 0.3) is 0 Å². The van der Waals surface area contributed by atoms with Gasteiger partial charge in [-0.1, -0.05) is 0 Å². The minimum atomic E-state index is -1.37. The van der Waals surface area contributed by atoms with E-state index in [1.807, 2.05) is 0 Å². The van der Waals surface area contributed by atoms with Crippen molar-refractivity contribution < 1.29 is 39.6 Å². The zero-order valence-electron chi connectivity index (χ0n) is 8.59. The molecule has 0 radical (unpaired) electrons. The molecule has 0 saturated carbocycles. The van der Waals surface area contributed by atoms with E-state index in [1.165, 1.54) is 0 Å². The molecule has 0 unspecified atom stereocenters. The average Bonchev–Trinajstić information content (AvgIpc) is 2.12. The SMILES string of the molecule is O=C([O-])CCC(=O)[O-].O=C([O-])CCC(=O)[O-].[Pb+4]. The summed E-state index contributed by atoms with van der Waals surface area (Å²) in [6.07, 6.45) is -1.88. The van der Waals surface area contributed by atoms with Crippen LogP contribution in [-0.2, 0) is 19.2 Å². The summed E-state index contributed by atoms with van der Waals surface area (Å²) in [7, 11) is 0. The molecule has 0 heterocycles. The molecule has 0 aromatic carbocycles. The van der Waals surface area contributed by atoms with Gasteiger partial charge in [-0.3, -0.25) is 0 Å². The van der Waals surface area contributed by atoms with Crippen molar-refractivity contribution in [2.45, 2.75) is 25.7 Å². The van der Waals surface area contributed by atoms with Gasteiger partial charge < -0.3 is 39.6 Å². The maximum absolute atomic E-state index is 9.50. The Balaban J connectivity index is -0.000000218. The van der Waals surface area contributed by atoms with Crippen molar-refractivity contribution in [2.24, 2.45) is 0 Å². The molecule has 92 valence electrons. The van der Waals surface area contributed by atoms with Crippen LogP contribution in [0, 0.1) is 0 Å². The summed E-state index contributed by atoms with van der Waals surface area (Å²) in [6.45, 7) is 0. The third-order valence-electron chi connectivity index (χ3n) is 1.07. The van der Waals surface area contributed by atoms with Crippen molar-refractivity contribution in [2.75, 3.05) is 0 Å². The molecule has 0 aromatic heterocycles. The van der Waals surface area contributed by atoms with E-state index in [4.69, 9.17) is 0 Å². The molecule has 0 bridgehead atoms. The number of carbonyl (C=O) groups excluding carboxylic acids is 4. The van der Waals surface area contributed by atoms with Gasteiger partial charge in [0.15, 0.2) is 0 Å². The quantitative estimate of drug-likeness (QED) is 0.370. The minimum Gasteiger partial charge on any atom is -0.550 e. The van der Waals surface area contributed by atoms with E-state index in [0.29, 0.717) is 0 Å². The molecule has 8 nitrogen and oxygen atoms in total. The molecule has 0 aliphatic carbocycles. The van der Waals surface area contributed by atoms with Crippen molar-refractivity contribution in [1.29, 1.82) is 0 Å². The Labute approximate surface area is 116 Å². The first-order chi connectivity index (χ1) is 7.25. The second-order valence-corrected chi connectivity index (χ2v) is 2.49. The summed E-state index contributed by atoms with van der Waals surface area (Å²) in [5.74, 6) is -5.47. The third kappa shape index (κ3) is 31.3. The van der Waals surface area contributed by atoms with Gasteiger partial charge >= 0.3 is 27.3 Å². The van der Waals surface area contributed by atoms with Crippen LogP contribution in [0.15, 0.2) is 0 Å². The molecule has 17 heavy (non-hydrogen) atoms. The Kier molecular flexibility index (Phi) is 16.0. The van der Waals surface area contributed by atoms with Crippen LogP contribution in [0.25, 0.3) is 0 Å². The fourth-order valence-electron chi connectivity index (χ4n) is 0.408. The topological polar surface area (TPSA) is 161 Å². The molecule has 0 rings (SSSR count). The third-order valence-corrected chi connectivity index (χ3v) is 1.07. The van der Waals surface area contributed by atoms with E-state index >= 15 is 0 Å². The molecular formula is C8H8O8Pb. The Bertz CT molecular complexity index is 219. The van der Waals surface area contributed by atoms with Crippen LogP contribution < -0.4 is 20.4 Å². The predicted octanol–water partition coefficient (Wildman–Crippen LogP) is -5.85. The predicted molar refractivity (Wildman–Crippen MR) is 44.3 cm³/mol. The van der Waals surface area contributed by atoms with E-state index in [9.17, 15) is 39.6 Å². The van der Waals surface area contributed by atoms with Crippen molar-refractivity contribution in [3.63, 3.8) is 0 Å². The van der Waals surface area contributed by atoms with Crippen molar-refractivity contribution >= 4 is 51.2 Å². The summed E-state index contributed by atoms with van der Waals surface area (Å²) < 4.78 is 0. The van der Waals surface area contributed by atoms with Crippen LogP contribution in [0.5, 0.6) is 0 Å². The molecule has 0 atom stereocenters. The number of rotatable bonds is 6. The maximum Gasteiger partial charge on any atom is 4.00 e. The first-order valence-corrected chi connectivity index (χ1v) is 4.05. The van der Waals surface area contributed by atoms with Gasteiger partial charge in [-0.2, -0.15) is 0 Å². The molecule has 0 N–H and O–H groups in total. The Morgan fingerprint density at radius 2 is 0.647 bits per heavy atom. The Morgan fingerprint density at radius 1 is 0.529 bits per heavy atom. The van der Waals surface area contributed by atoms with Gasteiger partial charge in [0.1, 0.15) is 0 Å². The maximum atomic E-state index is 9.50. The Hall–Kier alpha value is -1.20. The number of hydrogen-bond donors (Lipinski definition) is 0. The van der Waals surface area contributed by atoms with E-state index in [-0.39, 0.29) is 27.3 Å². The second-order valence-electron chi connectivity index (χ2n) is 2.49. The summed E-state index contributed by atoms with van der Waals surface area (Å²) >= 11 is 0. The summed E-state index contributed by atoms with van der Waals surface area (Å²) in [5.41, 5.74) is 0. The van der Waals surface area contributed by atoms with E-state index in [2.05, 4.69) is 0 Å². The molecule has 0 aliphatic rings. The van der Waals surface area contributed by atoms with Gasteiger partial charge in [0.2, 0.25) is 0 Å². The van der Waals surface area contributed by atoms with Crippen molar-refractivity contribution in [3.05, 3.63) is 0 Å². The standard InChI is InChI=1S/2C4H6O4.Pb/c2*5-3(6)1-2-4(7)8;/h2*1-2H2,(H,5,6)(H,7,8);/q;;+4/p-4. The van der Waals surface area contributed by atoms with Crippen LogP contribution in [0.2, 0.25) is 0 Å². The van der Waals surface area contributed by atoms with Crippen LogP contribution in [0.1, 0.15) is 25.7 Å². The van der Waals surface area contributed by atoms with Gasteiger partial charge in [0, 0.05) is 23.9 Å². The van der Waals surface area contributed by atoms with Gasteiger partial charge in [-0.05, 0) is 25.7 Å². The second kappa shape index (κ2) is 12.9. The molecule has 9 heteroatoms. The van der Waals surface area contributed by atoms with Crippen LogP contribution in [-0.4, -0.2) is 51.2 Å². The molecule has 0 spiro atoms. The van der Waals surface area contributed by atoms with Crippen molar-refractivity contribution in [1.82, 2.24) is 0 Å². The van der Waals surface area contributed by atoms with Gasteiger partial charge in [-0.25, -0.2) is 0 Å². The first kappa shape index (κ1) is 21.1. The van der Waals surface area contributed by atoms with Crippen LogP contribution >= 0.6 is 0 Å². The normalized spacial score (nSPS) is 8.00. The molecule has 0 saturated heterocycles. The van der Waals surface area contributed by atoms with Gasteiger partial charge in [-0.15, -0.1) is 0 Å². The number of hydrogen-bond acceptors (Lipinski definition) is 8. The monoisotopic (exact) mass is 440 g/mol. The van der Waals surface area contributed by atoms with Gasteiger partial charge in [0.05, 0.1) is 0 Å². The molecule has 0 fully saturated rings. The average molecular weight is 439 g/mol. The minimum absolute atomic E-state index is 0. The van der Waals surface area contributed by atoms with Crippen LogP contribution in [0.3, 0.4) is 0 Å². The molecular weight excluding hydrogens is 431 g/mol. The number of aliphatic carboxylic acids is 4. The van der Waals surface area contributed by atoms with Crippen molar-refractivity contribution in [3.8, 4) is 0 Å². The molecule has 0 amide bonds. The molecule has 0 aliphatic heterocycles. The Morgan fingerprint density at radius 3 is 0.706 bits per heavy atom. The van der Waals surface area contributed by atoms with Crippen LogP contribution in [0.4, 0.5) is 0 Å². The van der Waals surface area contributed by atoms with E-state index < -0.39 is 49.6 Å².